The van der Waals surface area contributed by atoms with Crippen LogP contribution < -0.4 is 5.73 Å². The molecule has 0 bridgehead atoms. The van der Waals surface area contributed by atoms with E-state index in [9.17, 15) is 9.90 Å². The molecule has 1 aliphatic carbocycles. The van der Waals surface area contributed by atoms with Crippen LogP contribution in [0, 0.1) is 19.8 Å². The number of rotatable bonds is 5. The molecular formula is C13H18N2O2S. The minimum Gasteiger partial charge on any atom is -0.480 e. The first-order valence-electron chi connectivity index (χ1n) is 6.02. The molecule has 0 spiro atoms. The Morgan fingerprint density at radius 2 is 2.22 bits per heavy atom. The molecule has 1 aromatic heterocycles. The summed E-state index contributed by atoms with van der Waals surface area (Å²) in [4.78, 5) is 15.7. The molecule has 1 saturated carbocycles. The van der Waals surface area contributed by atoms with Crippen molar-refractivity contribution in [2.24, 2.45) is 11.7 Å². The zero-order valence-electron chi connectivity index (χ0n) is 10.6. The topological polar surface area (TPSA) is 76.2 Å². The van der Waals surface area contributed by atoms with Crippen LogP contribution in [0.5, 0.6) is 0 Å². The Morgan fingerprint density at radius 1 is 1.56 bits per heavy atom. The number of aromatic nitrogens is 1. The number of carbonyl (C=O) groups is 1. The molecule has 0 aliphatic heterocycles. The van der Waals surface area contributed by atoms with Crippen molar-refractivity contribution < 1.29 is 9.90 Å². The second-order valence-electron chi connectivity index (χ2n) is 5.03. The van der Waals surface area contributed by atoms with Crippen molar-refractivity contribution >= 4 is 17.7 Å². The number of pyridine rings is 1. The molecule has 1 aliphatic rings. The number of aliphatic carboxylic acids is 1. The molecule has 1 fully saturated rings. The Balaban J connectivity index is 2.07. The van der Waals surface area contributed by atoms with Gasteiger partial charge in [0.25, 0.3) is 0 Å². The van der Waals surface area contributed by atoms with Crippen LogP contribution in [0.15, 0.2) is 17.2 Å². The SMILES string of the molecule is Cc1cc(C)nc(SCC(N)(C(=O)O)C2CC2)c1. The van der Waals surface area contributed by atoms with Crippen molar-refractivity contribution in [1.29, 1.82) is 0 Å². The molecular weight excluding hydrogens is 248 g/mol. The maximum Gasteiger partial charge on any atom is 0.324 e. The summed E-state index contributed by atoms with van der Waals surface area (Å²) in [6.07, 6.45) is 1.84. The van der Waals surface area contributed by atoms with Gasteiger partial charge >= 0.3 is 5.97 Å². The van der Waals surface area contributed by atoms with Crippen molar-refractivity contribution in [3.05, 3.63) is 23.4 Å². The molecule has 0 aromatic carbocycles. The number of carboxylic acid groups (broad SMARTS) is 1. The van der Waals surface area contributed by atoms with Gasteiger partial charge in [0.15, 0.2) is 0 Å². The van der Waals surface area contributed by atoms with Gasteiger partial charge in [0.05, 0.1) is 5.03 Å². The molecule has 3 N–H and O–H groups in total. The first kappa shape index (κ1) is 13.4. The molecule has 0 amide bonds. The lowest BCUT2D eigenvalue weighted by atomic mass is 9.98. The third-order valence-corrected chi connectivity index (χ3v) is 4.36. The summed E-state index contributed by atoms with van der Waals surface area (Å²) in [7, 11) is 0. The summed E-state index contributed by atoms with van der Waals surface area (Å²) in [5, 5.41) is 10.1. The van der Waals surface area contributed by atoms with Gasteiger partial charge in [-0.1, -0.05) is 0 Å². The smallest absolute Gasteiger partial charge is 0.324 e. The van der Waals surface area contributed by atoms with Gasteiger partial charge in [0.1, 0.15) is 5.54 Å². The van der Waals surface area contributed by atoms with E-state index in [1.807, 2.05) is 26.0 Å². The van der Waals surface area contributed by atoms with Gasteiger partial charge in [-0.05, 0) is 50.3 Å². The molecule has 1 unspecified atom stereocenters. The zero-order valence-corrected chi connectivity index (χ0v) is 11.5. The lowest BCUT2D eigenvalue weighted by Gasteiger charge is -2.23. The standard InChI is InChI=1S/C13H18N2O2S/c1-8-5-9(2)15-11(6-8)18-7-13(14,12(16)17)10-3-4-10/h5-6,10H,3-4,7,14H2,1-2H3,(H,16,17). The fourth-order valence-corrected chi connectivity index (χ4v) is 3.25. The van der Waals surface area contributed by atoms with Crippen molar-refractivity contribution in [2.45, 2.75) is 37.3 Å². The molecule has 4 nitrogen and oxygen atoms in total. The van der Waals surface area contributed by atoms with Crippen LogP contribution in [0.25, 0.3) is 0 Å². The Morgan fingerprint density at radius 3 is 2.72 bits per heavy atom. The molecule has 98 valence electrons. The van der Waals surface area contributed by atoms with E-state index in [-0.39, 0.29) is 5.92 Å². The maximum absolute atomic E-state index is 11.3. The van der Waals surface area contributed by atoms with Gasteiger partial charge in [-0.25, -0.2) is 4.98 Å². The zero-order chi connectivity index (χ0) is 13.3. The Labute approximate surface area is 111 Å². The highest BCUT2D eigenvalue weighted by atomic mass is 32.2. The van der Waals surface area contributed by atoms with E-state index in [0.29, 0.717) is 5.75 Å². The fraction of sp³-hybridized carbons (Fsp3) is 0.538. The summed E-state index contributed by atoms with van der Waals surface area (Å²) in [5.74, 6) is -0.404. The van der Waals surface area contributed by atoms with Gasteiger partial charge in [0.2, 0.25) is 0 Å². The number of aryl methyl sites for hydroxylation is 2. The monoisotopic (exact) mass is 266 g/mol. The van der Waals surface area contributed by atoms with E-state index in [4.69, 9.17) is 5.73 Å². The van der Waals surface area contributed by atoms with E-state index in [1.165, 1.54) is 11.8 Å². The summed E-state index contributed by atoms with van der Waals surface area (Å²) in [5.41, 5.74) is 6.99. The van der Waals surface area contributed by atoms with Crippen molar-refractivity contribution in [2.75, 3.05) is 5.75 Å². The predicted molar refractivity (Wildman–Crippen MR) is 71.7 cm³/mol. The molecule has 1 atom stereocenters. The van der Waals surface area contributed by atoms with Crippen LogP contribution in [0.1, 0.15) is 24.1 Å². The molecule has 5 heteroatoms. The number of nitrogens with zero attached hydrogens (tertiary/aromatic N) is 1. The van der Waals surface area contributed by atoms with Crippen LogP contribution in [-0.4, -0.2) is 27.4 Å². The average molecular weight is 266 g/mol. The van der Waals surface area contributed by atoms with Crippen LogP contribution in [0.3, 0.4) is 0 Å². The second kappa shape index (κ2) is 4.90. The van der Waals surface area contributed by atoms with Crippen LogP contribution in [0.2, 0.25) is 0 Å². The Bertz CT molecular complexity index is 454. The fourth-order valence-electron chi connectivity index (χ4n) is 2.02. The molecule has 18 heavy (non-hydrogen) atoms. The summed E-state index contributed by atoms with van der Waals surface area (Å²) in [6.45, 7) is 3.94. The molecule has 0 radical (unpaired) electrons. The number of nitrogens with two attached hydrogens (primary N) is 1. The Hall–Kier alpha value is -1.07. The summed E-state index contributed by atoms with van der Waals surface area (Å²) < 4.78 is 0. The molecule has 1 aromatic rings. The van der Waals surface area contributed by atoms with Crippen molar-refractivity contribution in [1.82, 2.24) is 4.98 Å². The van der Waals surface area contributed by atoms with E-state index >= 15 is 0 Å². The van der Waals surface area contributed by atoms with E-state index in [2.05, 4.69) is 4.98 Å². The van der Waals surface area contributed by atoms with Gasteiger partial charge in [0, 0.05) is 11.4 Å². The highest BCUT2D eigenvalue weighted by Crippen LogP contribution is 2.41. The molecule has 2 rings (SSSR count). The molecule has 0 saturated heterocycles. The van der Waals surface area contributed by atoms with Crippen molar-refractivity contribution in [3.63, 3.8) is 0 Å². The predicted octanol–water partition coefficient (Wildman–Crippen LogP) is 1.98. The van der Waals surface area contributed by atoms with Crippen molar-refractivity contribution in [3.8, 4) is 0 Å². The lowest BCUT2D eigenvalue weighted by molar-refractivity contribution is -0.143. The first-order chi connectivity index (χ1) is 8.41. The van der Waals surface area contributed by atoms with Gasteiger partial charge in [-0.15, -0.1) is 11.8 Å². The minimum absolute atomic E-state index is 0.119. The van der Waals surface area contributed by atoms with Crippen LogP contribution in [0.4, 0.5) is 0 Å². The third kappa shape index (κ3) is 2.84. The number of hydrogen-bond donors (Lipinski definition) is 2. The average Bonchev–Trinajstić information content (AvgIpc) is 3.08. The van der Waals surface area contributed by atoms with E-state index in [0.717, 1.165) is 29.1 Å². The number of hydrogen-bond acceptors (Lipinski definition) is 4. The third-order valence-electron chi connectivity index (χ3n) is 3.24. The van der Waals surface area contributed by atoms with Gasteiger partial charge in [-0.2, -0.15) is 0 Å². The highest BCUT2D eigenvalue weighted by Gasteiger charge is 2.48. The summed E-state index contributed by atoms with van der Waals surface area (Å²) in [6, 6.07) is 3.96. The van der Waals surface area contributed by atoms with Crippen LogP contribution >= 0.6 is 11.8 Å². The quantitative estimate of drug-likeness (QED) is 0.797. The maximum atomic E-state index is 11.3. The van der Waals surface area contributed by atoms with E-state index < -0.39 is 11.5 Å². The molecule has 1 heterocycles. The largest absolute Gasteiger partial charge is 0.480 e. The van der Waals surface area contributed by atoms with Gasteiger partial charge in [-0.3, -0.25) is 4.79 Å². The van der Waals surface area contributed by atoms with Gasteiger partial charge < -0.3 is 10.8 Å². The highest BCUT2D eigenvalue weighted by molar-refractivity contribution is 7.99. The number of thioether (sulfide) groups is 1. The normalized spacial score (nSPS) is 18.4. The number of carboxylic acids is 1. The second-order valence-corrected chi connectivity index (χ2v) is 6.03. The van der Waals surface area contributed by atoms with Crippen LogP contribution in [-0.2, 0) is 4.79 Å². The Kier molecular flexibility index (Phi) is 3.64. The first-order valence-corrected chi connectivity index (χ1v) is 7.01. The van der Waals surface area contributed by atoms with E-state index in [1.54, 1.807) is 0 Å². The summed E-state index contributed by atoms with van der Waals surface area (Å²) >= 11 is 1.44. The lowest BCUT2D eigenvalue weighted by Crippen LogP contribution is -2.52. The minimum atomic E-state index is -1.11.